The molecule has 14 heavy (non-hydrogen) atoms. The third-order valence-electron chi connectivity index (χ3n) is 2.09. The molecule has 0 radical (unpaired) electrons. The molecular formula is C11H10BrNO. The fourth-order valence-corrected chi connectivity index (χ4v) is 1.74. The van der Waals surface area contributed by atoms with Gasteiger partial charge in [0.25, 0.3) is 0 Å². The Kier molecular flexibility index (Phi) is 2.59. The van der Waals surface area contributed by atoms with Crippen LogP contribution in [0.2, 0.25) is 0 Å². The lowest BCUT2D eigenvalue weighted by Gasteiger charge is -2.04. The lowest BCUT2D eigenvalue weighted by atomic mass is 10.1. The number of anilines is 1. The quantitative estimate of drug-likeness (QED) is 0.833. The number of rotatable bonds is 2. The summed E-state index contributed by atoms with van der Waals surface area (Å²) in [5.41, 5.74) is 7.77. The van der Waals surface area contributed by atoms with Gasteiger partial charge in [-0.05, 0) is 39.7 Å². The van der Waals surface area contributed by atoms with Crippen molar-refractivity contribution < 1.29 is 4.42 Å². The highest BCUT2D eigenvalue weighted by Gasteiger charge is 2.04. The van der Waals surface area contributed by atoms with Crippen molar-refractivity contribution in [1.82, 2.24) is 0 Å². The molecule has 2 aromatic rings. The van der Waals surface area contributed by atoms with Crippen LogP contribution in [0.15, 0.2) is 45.5 Å². The van der Waals surface area contributed by atoms with E-state index in [1.165, 1.54) is 0 Å². The van der Waals surface area contributed by atoms with Gasteiger partial charge < -0.3 is 10.2 Å². The summed E-state index contributed by atoms with van der Waals surface area (Å²) in [7, 11) is 0. The summed E-state index contributed by atoms with van der Waals surface area (Å²) >= 11 is 3.39. The van der Waals surface area contributed by atoms with Crippen LogP contribution in [0.4, 0.5) is 5.69 Å². The molecule has 0 amide bonds. The van der Waals surface area contributed by atoms with Crippen molar-refractivity contribution in [3.05, 3.63) is 52.4 Å². The Morgan fingerprint density at radius 1 is 1.21 bits per heavy atom. The predicted molar refractivity (Wildman–Crippen MR) is 60.1 cm³/mol. The number of nitrogens with two attached hydrogens (primary N) is 1. The van der Waals surface area contributed by atoms with Gasteiger partial charge in [0.05, 0.1) is 6.26 Å². The van der Waals surface area contributed by atoms with Crippen molar-refractivity contribution in [2.75, 3.05) is 5.73 Å². The molecule has 0 aliphatic rings. The molecule has 0 unspecified atom stereocenters. The van der Waals surface area contributed by atoms with E-state index in [4.69, 9.17) is 10.2 Å². The van der Waals surface area contributed by atoms with Crippen molar-refractivity contribution in [2.24, 2.45) is 0 Å². The van der Waals surface area contributed by atoms with E-state index in [9.17, 15) is 0 Å². The average Bonchev–Trinajstić information content (AvgIpc) is 2.66. The average molecular weight is 252 g/mol. The molecule has 2 N–H and O–H groups in total. The van der Waals surface area contributed by atoms with Crippen LogP contribution >= 0.6 is 15.9 Å². The standard InChI is InChI=1S/C11H10BrNO/c12-10-5-1-3-8(11(10)13)7-9-4-2-6-14-9/h1-6H,7,13H2. The minimum atomic E-state index is 0.734. The van der Waals surface area contributed by atoms with E-state index in [-0.39, 0.29) is 0 Å². The Bertz CT molecular complexity index is 423. The Hall–Kier alpha value is -1.22. The molecule has 0 saturated carbocycles. The van der Waals surface area contributed by atoms with Crippen LogP contribution in [-0.2, 0) is 6.42 Å². The molecule has 2 rings (SSSR count). The van der Waals surface area contributed by atoms with Gasteiger partial charge in [0.15, 0.2) is 0 Å². The molecule has 0 bridgehead atoms. The van der Waals surface area contributed by atoms with Crippen LogP contribution in [0.1, 0.15) is 11.3 Å². The number of hydrogen-bond acceptors (Lipinski definition) is 2. The van der Waals surface area contributed by atoms with Crippen LogP contribution in [0.5, 0.6) is 0 Å². The second kappa shape index (κ2) is 3.88. The number of nitrogen functional groups attached to an aromatic ring is 1. The van der Waals surface area contributed by atoms with Crippen LogP contribution in [0.25, 0.3) is 0 Å². The molecular weight excluding hydrogens is 242 g/mol. The molecule has 0 saturated heterocycles. The van der Waals surface area contributed by atoms with Gasteiger partial charge in [-0.1, -0.05) is 12.1 Å². The normalized spacial score (nSPS) is 10.4. The van der Waals surface area contributed by atoms with Gasteiger partial charge in [-0.2, -0.15) is 0 Å². The van der Waals surface area contributed by atoms with E-state index in [1.54, 1.807) is 6.26 Å². The first kappa shape index (κ1) is 9.34. The second-order valence-corrected chi connectivity index (χ2v) is 3.92. The maximum atomic E-state index is 5.91. The highest BCUT2D eigenvalue weighted by molar-refractivity contribution is 9.10. The Balaban J connectivity index is 2.29. The summed E-state index contributed by atoms with van der Waals surface area (Å²) in [6.45, 7) is 0. The smallest absolute Gasteiger partial charge is 0.108 e. The van der Waals surface area contributed by atoms with Crippen LogP contribution in [0, 0.1) is 0 Å². The first-order chi connectivity index (χ1) is 6.77. The number of para-hydroxylation sites is 1. The molecule has 0 aliphatic carbocycles. The van der Waals surface area contributed by atoms with Gasteiger partial charge in [0.2, 0.25) is 0 Å². The van der Waals surface area contributed by atoms with E-state index in [0.29, 0.717) is 0 Å². The van der Waals surface area contributed by atoms with Crippen molar-refractivity contribution in [1.29, 1.82) is 0 Å². The van der Waals surface area contributed by atoms with E-state index in [0.717, 1.165) is 27.9 Å². The van der Waals surface area contributed by atoms with Gasteiger partial charge >= 0.3 is 0 Å². The van der Waals surface area contributed by atoms with E-state index in [2.05, 4.69) is 15.9 Å². The van der Waals surface area contributed by atoms with Gasteiger partial charge in [0, 0.05) is 16.6 Å². The van der Waals surface area contributed by atoms with Gasteiger partial charge in [-0.25, -0.2) is 0 Å². The van der Waals surface area contributed by atoms with E-state index in [1.807, 2.05) is 30.3 Å². The molecule has 0 fully saturated rings. The zero-order valence-corrected chi connectivity index (χ0v) is 9.12. The zero-order valence-electron chi connectivity index (χ0n) is 7.53. The van der Waals surface area contributed by atoms with Crippen molar-refractivity contribution in [2.45, 2.75) is 6.42 Å². The Morgan fingerprint density at radius 3 is 2.79 bits per heavy atom. The fraction of sp³-hybridized carbons (Fsp3) is 0.0909. The maximum Gasteiger partial charge on any atom is 0.108 e. The van der Waals surface area contributed by atoms with Gasteiger partial charge in [-0.3, -0.25) is 0 Å². The lowest BCUT2D eigenvalue weighted by molar-refractivity contribution is 0.521. The van der Waals surface area contributed by atoms with Crippen LogP contribution in [-0.4, -0.2) is 0 Å². The van der Waals surface area contributed by atoms with Gasteiger partial charge in [0.1, 0.15) is 5.76 Å². The highest BCUT2D eigenvalue weighted by Crippen LogP contribution is 2.24. The second-order valence-electron chi connectivity index (χ2n) is 3.07. The predicted octanol–water partition coefficient (Wildman–Crippen LogP) is 3.22. The van der Waals surface area contributed by atoms with Crippen molar-refractivity contribution in [3.8, 4) is 0 Å². The van der Waals surface area contributed by atoms with E-state index < -0.39 is 0 Å². The molecule has 0 atom stereocenters. The molecule has 0 aliphatic heterocycles. The first-order valence-corrected chi connectivity index (χ1v) is 5.12. The molecule has 2 nitrogen and oxygen atoms in total. The number of hydrogen-bond donors (Lipinski definition) is 1. The SMILES string of the molecule is Nc1c(Br)cccc1Cc1ccco1. The summed E-state index contributed by atoms with van der Waals surface area (Å²) in [5, 5.41) is 0. The van der Waals surface area contributed by atoms with Crippen LogP contribution < -0.4 is 5.73 Å². The molecule has 1 heterocycles. The Morgan fingerprint density at radius 2 is 2.07 bits per heavy atom. The van der Waals surface area contributed by atoms with Gasteiger partial charge in [-0.15, -0.1) is 0 Å². The molecule has 0 spiro atoms. The largest absolute Gasteiger partial charge is 0.469 e. The topological polar surface area (TPSA) is 39.2 Å². The number of benzene rings is 1. The molecule has 72 valence electrons. The highest BCUT2D eigenvalue weighted by atomic mass is 79.9. The Labute approximate surface area is 90.9 Å². The zero-order chi connectivity index (χ0) is 9.97. The third kappa shape index (κ3) is 1.82. The monoisotopic (exact) mass is 251 g/mol. The van der Waals surface area contributed by atoms with Crippen LogP contribution in [0.3, 0.4) is 0 Å². The molecule has 3 heteroatoms. The summed E-state index contributed by atoms with van der Waals surface area (Å²) in [6, 6.07) is 9.73. The summed E-state index contributed by atoms with van der Waals surface area (Å²) in [6.07, 6.45) is 2.40. The maximum absolute atomic E-state index is 5.91. The first-order valence-electron chi connectivity index (χ1n) is 4.32. The van der Waals surface area contributed by atoms with Crippen molar-refractivity contribution >= 4 is 21.6 Å². The minimum absolute atomic E-state index is 0.734. The summed E-state index contributed by atoms with van der Waals surface area (Å²) < 4.78 is 6.19. The van der Waals surface area contributed by atoms with E-state index >= 15 is 0 Å². The summed E-state index contributed by atoms with van der Waals surface area (Å²) in [4.78, 5) is 0. The fourth-order valence-electron chi connectivity index (χ4n) is 1.34. The molecule has 1 aromatic carbocycles. The number of halogens is 1. The lowest BCUT2D eigenvalue weighted by Crippen LogP contribution is -1.95. The minimum Gasteiger partial charge on any atom is -0.469 e. The third-order valence-corrected chi connectivity index (χ3v) is 2.78. The molecule has 1 aromatic heterocycles. The summed E-state index contributed by atoms with van der Waals surface area (Å²) in [5.74, 6) is 0.926. The number of furan rings is 1. The van der Waals surface area contributed by atoms with Crippen molar-refractivity contribution in [3.63, 3.8) is 0 Å².